The van der Waals surface area contributed by atoms with Crippen molar-refractivity contribution in [2.24, 2.45) is 0 Å². The van der Waals surface area contributed by atoms with Crippen molar-refractivity contribution in [3.63, 3.8) is 0 Å². The van der Waals surface area contributed by atoms with Gasteiger partial charge in [0.05, 0.1) is 0 Å². The molecule has 2 rings (SSSR count). The van der Waals surface area contributed by atoms with Crippen molar-refractivity contribution < 1.29 is 4.79 Å². The predicted octanol–water partition coefficient (Wildman–Crippen LogP) is 1.95. The molecule has 5 heteroatoms. The molecule has 1 aliphatic rings. The molecule has 1 fully saturated rings. The van der Waals surface area contributed by atoms with Gasteiger partial charge in [-0.2, -0.15) is 0 Å². The summed E-state index contributed by atoms with van der Waals surface area (Å²) < 4.78 is 0.802. The lowest BCUT2D eigenvalue weighted by Gasteiger charge is -2.35. The number of halogens is 1. The van der Waals surface area contributed by atoms with Crippen LogP contribution in [0.1, 0.15) is 19.3 Å². The molecule has 92 valence electrons. The van der Waals surface area contributed by atoms with Crippen LogP contribution in [0.15, 0.2) is 22.8 Å². The molecule has 17 heavy (non-hydrogen) atoms. The van der Waals surface area contributed by atoms with Crippen LogP contribution in [0.25, 0.3) is 0 Å². The number of nitrogens with zero attached hydrogens (tertiary/aromatic N) is 2. The maximum atomic E-state index is 11.8. The molecule has 0 spiro atoms. The minimum absolute atomic E-state index is 0.0754. The monoisotopic (exact) mass is 297 g/mol. The largest absolute Gasteiger partial charge is 0.357 e. The molecule has 0 aromatic carbocycles. The standard InChI is InChI=1S/C12H16BrN3O/c1-14-12(17)9-5-2-3-8-16(9)11-7-4-6-10(13)15-11/h4,6-7,9H,2-3,5,8H2,1H3,(H,14,17). The van der Waals surface area contributed by atoms with E-state index in [1.165, 1.54) is 0 Å². The highest BCUT2D eigenvalue weighted by Gasteiger charge is 2.28. The fourth-order valence-corrected chi connectivity index (χ4v) is 2.54. The fourth-order valence-electron chi connectivity index (χ4n) is 2.20. The maximum Gasteiger partial charge on any atom is 0.242 e. The van der Waals surface area contributed by atoms with Crippen LogP contribution in [0, 0.1) is 0 Å². The van der Waals surface area contributed by atoms with Crippen LogP contribution in [0.2, 0.25) is 0 Å². The number of aromatic nitrogens is 1. The highest BCUT2D eigenvalue weighted by atomic mass is 79.9. The highest BCUT2D eigenvalue weighted by molar-refractivity contribution is 9.10. The molecule has 0 bridgehead atoms. The van der Waals surface area contributed by atoms with Gasteiger partial charge in [-0.05, 0) is 47.3 Å². The van der Waals surface area contributed by atoms with Gasteiger partial charge < -0.3 is 10.2 Å². The topological polar surface area (TPSA) is 45.2 Å². The van der Waals surface area contributed by atoms with Crippen LogP contribution >= 0.6 is 15.9 Å². The van der Waals surface area contributed by atoms with Crippen molar-refractivity contribution in [2.45, 2.75) is 25.3 Å². The summed E-state index contributed by atoms with van der Waals surface area (Å²) in [6.07, 6.45) is 3.11. The van der Waals surface area contributed by atoms with E-state index in [4.69, 9.17) is 0 Å². The Balaban J connectivity index is 2.24. The van der Waals surface area contributed by atoms with Gasteiger partial charge in [0.2, 0.25) is 5.91 Å². The van der Waals surface area contributed by atoms with E-state index in [0.717, 1.165) is 36.2 Å². The van der Waals surface area contributed by atoms with Crippen LogP contribution in [0.3, 0.4) is 0 Å². The van der Waals surface area contributed by atoms with Crippen LogP contribution in [0.5, 0.6) is 0 Å². The fraction of sp³-hybridized carbons (Fsp3) is 0.500. The minimum atomic E-state index is -0.0875. The summed E-state index contributed by atoms with van der Waals surface area (Å²) in [6.45, 7) is 0.890. The van der Waals surface area contributed by atoms with Gasteiger partial charge in [-0.25, -0.2) is 4.98 Å². The molecule has 1 aromatic rings. The van der Waals surface area contributed by atoms with Crippen molar-refractivity contribution in [1.29, 1.82) is 0 Å². The SMILES string of the molecule is CNC(=O)C1CCCCN1c1cccc(Br)n1. The predicted molar refractivity (Wildman–Crippen MR) is 71.0 cm³/mol. The van der Waals surface area contributed by atoms with Gasteiger partial charge in [0.15, 0.2) is 0 Å². The lowest BCUT2D eigenvalue weighted by molar-refractivity contribution is -0.122. The van der Waals surface area contributed by atoms with E-state index < -0.39 is 0 Å². The molecule has 0 aliphatic carbocycles. The van der Waals surface area contributed by atoms with E-state index in [9.17, 15) is 4.79 Å². The van der Waals surface area contributed by atoms with E-state index in [0.29, 0.717) is 0 Å². The number of rotatable bonds is 2. The first-order valence-corrected chi connectivity index (χ1v) is 6.62. The normalized spacial score (nSPS) is 20.1. The summed E-state index contributed by atoms with van der Waals surface area (Å²) in [6, 6.07) is 5.70. The Morgan fingerprint density at radius 2 is 2.35 bits per heavy atom. The molecular weight excluding hydrogens is 282 g/mol. The molecule has 4 nitrogen and oxygen atoms in total. The second kappa shape index (κ2) is 5.49. The van der Waals surface area contributed by atoms with E-state index in [1.54, 1.807) is 7.05 Å². The van der Waals surface area contributed by atoms with Crippen LogP contribution < -0.4 is 10.2 Å². The number of pyridine rings is 1. The Morgan fingerprint density at radius 3 is 3.06 bits per heavy atom. The zero-order chi connectivity index (χ0) is 12.3. The third-order valence-corrected chi connectivity index (χ3v) is 3.49. The number of nitrogens with one attached hydrogen (secondary N) is 1. The van der Waals surface area contributed by atoms with Crippen molar-refractivity contribution in [3.05, 3.63) is 22.8 Å². The van der Waals surface area contributed by atoms with Crippen molar-refractivity contribution in [3.8, 4) is 0 Å². The number of amides is 1. The first-order chi connectivity index (χ1) is 8.22. The number of hydrogen-bond acceptors (Lipinski definition) is 3. The summed E-state index contributed by atoms with van der Waals surface area (Å²) in [5, 5.41) is 2.73. The summed E-state index contributed by atoms with van der Waals surface area (Å²) in [5.74, 6) is 0.944. The number of carbonyl (C=O) groups is 1. The Morgan fingerprint density at radius 1 is 1.53 bits per heavy atom. The van der Waals surface area contributed by atoms with Crippen molar-refractivity contribution in [1.82, 2.24) is 10.3 Å². The van der Waals surface area contributed by atoms with Crippen molar-refractivity contribution in [2.75, 3.05) is 18.5 Å². The quantitative estimate of drug-likeness (QED) is 0.849. The summed E-state index contributed by atoms with van der Waals surface area (Å²) in [5.41, 5.74) is 0. The first kappa shape index (κ1) is 12.4. The minimum Gasteiger partial charge on any atom is -0.357 e. The third kappa shape index (κ3) is 2.77. The van der Waals surface area contributed by atoms with E-state index in [2.05, 4.69) is 31.1 Å². The number of likely N-dealkylation sites (N-methyl/N-ethyl adjacent to an activating group) is 1. The van der Waals surface area contributed by atoms with Gasteiger partial charge in [0.1, 0.15) is 16.5 Å². The highest BCUT2D eigenvalue weighted by Crippen LogP contribution is 2.24. The summed E-state index contributed by atoms with van der Waals surface area (Å²) in [4.78, 5) is 18.4. The van der Waals surface area contributed by atoms with Crippen LogP contribution in [0.4, 0.5) is 5.82 Å². The number of carbonyl (C=O) groups excluding carboxylic acids is 1. The zero-order valence-corrected chi connectivity index (χ0v) is 11.4. The van der Waals surface area contributed by atoms with E-state index in [-0.39, 0.29) is 11.9 Å². The number of hydrogen-bond donors (Lipinski definition) is 1. The van der Waals surface area contributed by atoms with Gasteiger partial charge in [-0.3, -0.25) is 4.79 Å². The molecule has 2 heterocycles. The van der Waals surface area contributed by atoms with Gasteiger partial charge in [-0.15, -0.1) is 0 Å². The Kier molecular flexibility index (Phi) is 3.99. The smallest absolute Gasteiger partial charge is 0.242 e. The maximum absolute atomic E-state index is 11.8. The van der Waals surface area contributed by atoms with Crippen LogP contribution in [-0.4, -0.2) is 30.5 Å². The Labute approximate surface area is 110 Å². The molecule has 1 atom stereocenters. The van der Waals surface area contributed by atoms with Gasteiger partial charge >= 0.3 is 0 Å². The molecular formula is C12H16BrN3O. The van der Waals surface area contributed by atoms with Gasteiger partial charge in [-0.1, -0.05) is 6.07 Å². The lowest BCUT2D eigenvalue weighted by Crippen LogP contribution is -2.49. The molecule has 1 amide bonds. The molecule has 1 aliphatic heterocycles. The summed E-state index contributed by atoms with van der Waals surface area (Å²) in [7, 11) is 1.68. The van der Waals surface area contributed by atoms with E-state index >= 15 is 0 Å². The number of piperidine rings is 1. The lowest BCUT2D eigenvalue weighted by atomic mass is 10.0. The molecule has 0 radical (unpaired) electrons. The Bertz CT molecular complexity index is 410. The van der Waals surface area contributed by atoms with Gasteiger partial charge in [0, 0.05) is 13.6 Å². The van der Waals surface area contributed by atoms with Gasteiger partial charge in [0.25, 0.3) is 0 Å². The molecule has 1 N–H and O–H groups in total. The number of anilines is 1. The van der Waals surface area contributed by atoms with Crippen LogP contribution in [-0.2, 0) is 4.79 Å². The second-order valence-corrected chi connectivity index (χ2v) is 4.95. The molecule has 1 saturated heterocycles. The Hall–Kier alpha value is -1.10. The molecule has 1 aromatic heterocycles. The molecule has 1 unspecified atom stereocenters. The zero-order valence-electron chi connectivity index (χ0n) is 9.82. The average molecular weight is 298 g/mol. The second-order valence-electron chi connectivity index (χ2n) is 4.14. The van der Waals surface area contributed by atoms with Crippen molar-refractivity contribution >= 4 is 27.7 Å². The molecule has 0 saturated carbocycles. The third-order valence-electron chi connectivity index (χ3n) is 3.05. The summed E-state index contributed by atoms with van der Waals surface area (Å²) >= 11 is 3.36. The van der Waals surface area contributed by atoms with E-state index in [1.807, 2.05) is 18.2 Å². The average Bonchev–Trinajstić information content (AvgIpc) is 2.38. The first-order valence-electron chi connectivity index (χ1n) is 5.83.